The van der Waals surface area contributed by atoms with Gasteiger partial charge in [0, 0.05) is 13.1 Å². The number of carbonyl (C=O) groups excluding carboxylic acids is 1. The number of hydrogen-bond acceptors (Lipinski definition) is 2. The van der Waals surface area contributed by atoms with Gasteiger partial charge in [0.05, 0.1) is 5.92 Å². The van der Waals surface area contributed by atoms with Crippen LogP contribution in [0, 0.1) is 17.8 Å². The van der Waals surface area contributed by atoms with Crippen LogP contribution < -0.4 is 10.6 Å². The van der Waals surface area contributed by atoms with Gasteiger partial charge in [0.1, 0.15) is 0 Å². The fourth-order valence-electron chi connectivity index (χ4n) is 2.75. The first-order valence-electron chi connectivity index (χ1n) is 6.26. The zero-order valence-corrected chi connectivity index (χ0v) is 9.59. The monoisotopic (exact) mass is 210 g/mol. The van der Waals surface area contributed by atoms with Crippen LogP contribution in [0.1, 0.15) is 32.6 Å². The molecule has 2 aliphatic rings. The van der Waals surface area contributed by atoms with Crippen molar-refractivity contribution in [2.45, 2.75) is 32.6 Å². The van der Waals surface area contributed by atoms with Gasteiger partial charge >= 0.3 is 0 Å². The first kappa shape index (κ1) is 10.9. The normalized spacial score (nSPS) is 32.1. The Hall–Kier alpha value is -0.570. The minimum Gasteiger partial charge on any atom is -0.356 e. The predicted molar refractivity (Wildman–Crippen MR) is 60.5 cm³/mol. The summed E-state index contributed by atoms with van der Waals surface area (Å²) in [6.07, 6.45) is 5.31. The largest absolute Gasteiger partial charge is 0.356 e. The SMILES string of the molecule is C[C@@H]1CNC[C@H]1C(=O)NCC1CCCC1. The lowest BCUT2D eigenvalue weighted by Crippen LogP contribution is -2.36. The molecule has 0 bridgehead atoms. The molecule has 1 saturated carbocycles. The van der Waals surface area contributed by atoms with Crippen molar-refractivity contribution >= 4 is 5.91 Å². The molecular weight excluding hydrogens is 188 g/mol. The van der Waals surface area contributed by atoms with Gasteiger partial charge in [0.15, 0.2) is 0 Å². The van der Waals surface area contributed by atoms with E-state index >= 15 is 0 Å². The van der Waals surface area contributed by atoms with E-state index in [1.54, 1.807) is 0 Å². The second-order valence-electron chi connectivity index (χ2n) is 5.14. The zero-order valence-electron chi connectivity index (χ0n) is 9.59. The van der Waals surface area contributed by atoms with Gasteiger partial charge in [0.25, 0.3) is 0 Å². The molecule has 2 N–H and O–H groups in total. The molecule has 3 nitrogen and oxygen atoms in total. The van der Waals surface area contributed by atoms with Crippen molar-refractivity contribution in [3.05, 3.63) is 0 Å². The van der Waals surface area contributed by atoms with Crippen molar-refractivity contribution < 1.29 is 4.79 Å². The highest BCUT2D eigenvalue weighted by atomic mass is 16.1. The Morgan fingerprint density at radius 3 is 2.67 bits per heavy atom. The molecule has 86 valence electrons. The molecular formula is C12H22N2O. The number of rotatable bonds is 3. The molecule has 0 aromatic carbocycles. The van der Waals surface area contributed by atoms with Crippen LogP contribution in [0.15, 0.2) is 0 Å². The van der Waals surface area contributed by atoms with Gasteiger partial charge in [0.2, 0.25) is 5.91 Å². The van der Waals surface area contributed by atoms with Gasteiger partial charge in [-0.15, -0.1) is 0 Å². The third kappa shape index (κ3) is 2.71. The van der Waals surface area contributed by atoms with Gasteiger partial charge in [-0.2, -0.15) is 0 Å². The van der Waals surface area contributed by atoms with Crippen LogP contribution in [0.3, 0.4) is 0 Å². The molecule has 15 heavy (non-hydrogen) atoms. The van der Waals surface area contributed by atoms with Crippen molar-refractivity contribution in [3.8, 4) is 0 Å². The van der Waals surface area contributed by atoms with E-state index in [0.29, 0.717) is 5.92 Å². The molecule has 0 aromatic heterocycles. The summed E-state index contributed by atoms with van der Waals surface area (Å²) in [6.45, 7) is 4.90. The van der Waals surface area contributed by atoms with Gasteiger partial charge in [-0.3, -0.25) is 4.79 Å². The summed E-state index contributed by atoms with van der Waals surface area (Å²) in [5.41, 5.74) is 0. The summed E-state index contributed by atoms with van der Waals surface area (Å²) < 4.78 is 0. The van der Waals surface area contributed by atoms with Gasteiger partial charge < -0.3 is 10.6 Å². The Balaban J connectivity index is 1.71. The topological polar surface area (TPSA) is 41.1 Å². The van der Waals surface area contributed by atoms with Crippen LogP contribution in [0.5, 0.6) is 0 Å². The summed E-state index contributed by atoms with van der Waals surface area (Å²) in [5.74, 6) is 1.71. The molecule has 1 amide bonds. The average molecular weight is 210 g/mol. The van der Waals surface area contributed by atoms with Crippen molar-refractivity contribution in [1.82, 2.24) is 10.6 Å². The summed E-state index contributed by atoms with van der Waals surface area (Å²) >= 11 is 0. The Labute approximate surface area is 92.0 Å². The Kier molecular flexibility index (Phi) is 3.62. The maximum absolute atomic E-state index is 11.9. The minimum absolute atomic E-state index is 0.200. The summed E-state index contributed by atoms with van der Waals surface area (Å²) in [6, 6.07) is 0. The molecule has 3 heteroatoms. The van der Waals surface area contributed by atoms with E-state index in [0.717, 1.165) is 25.6 Å². The number of amides is 1. The zero-order chi connectivity index (χ0) is 10.7. The maximum Gasteiger partial charge on any atom is 0.224 e. The number of nitrogens with one attached hydrogen (secondary N) is 2. The van der Waals surface area contributed by atoms with Gasteiger partial charge in [-0.25, -0.2) is 0 Å². The molecule has 0 unspecified atom stereocenters. The predicted octanol–water partition coefficient (Wildman–Crippen LogP) is 1.15. The van der Waals surface area contributed by atoms with Gasteiger partial charge in [-0.1, -0.05) is 19.8 Å². The molecule has 1 aliphatic carbocycles. The number of carbonyl (C=O) groups is 1. The standard InChI is InChI=1S/C12H22N2O/c1-9-6-13-8-11(9)12(15)14-7-10-4-2-3-5-10/h9-11,13H,2-8H2,1H3,(H,14,15)/t9-,11-/m1/s1. The van der Waals surface area contributed by atoms with Crippen LogP contribution in [0.4, 0.5) is 0 Å². The van der Waals surface area contributed by atoms with E-state index in [1.165, 1.54) is 25.7 Å². The van der Waals surface area contributed by atoms with Crippen molar-refractivity contribution in [1.29, 1.82) is 0 Å². The quantitative estimate of drug-likeness (QED) is 0.733. The molecule has 2 fully saturated rings. The minimum atomic E-state index is 0.200. The second kappa shape index (κ2) is 4.97. The first-order valence-corrected chi connectivity index (χ1v) is 6.26. The Morgan fingerprint density at radius 2 is 2.07 bits per heavy atom. The van der Waals surface area contributed by atoms with E-state index in [9.17, 15) is 4.79 Å². The molecule has 0 aromatic rings. The molecule has 2 rings (SSSR count). The van der Waals surface area contributed by atoms with Gasteiger partial charge in [-0.05, 0) is 31.2 Å². The van der Waals surface area contributed by atoms with E-state index < -0.39 is 0 Å². The molecule has 2 atom stereocenters. The summed E-state index contributed by atoms with van der Waals surface area (Å²) in [4.78, 5) is 11.9. The Morgan fingerprint density at radius 1 is 1.33 bits per heavy atom. The fourth-order valence-corrected chi connectivity index (χ4v) is 2.75. The number of hydrogen-bond donors (Lipinski definition) is 2. The summed E-state index contributed by atoms with van der Waals surface area (Å²) in [7, 11) is 0. The van der Waals surface area contributed by atoms with E-state index in [2.05, 4.69) is 17.6 Å². The lowest BCUT2D eigenvalue weighted by Gasteiger charge is -2.16. The molecule has 0 radical (unpaired) electrons. The lowest BCUT2D eigenvalue weighted by molar-refractivity contribution is -0.125. The highest BCUT2D eigenvalue weighted by Gasteiger charge is 2.29. The third-order valence-corrected chi connectivity index (χ3v) is 3.89. The van der Waals surface area contributed by atoms with Crippen LogP contribution in [-0.2, 0) is 4.79 Å². The van der Waals surface area contributed by atoms with Crippen molar-refractivity contribution in [2.75, 3.05) is 19.6 Å². The van der Waals surface area contributed by atoms with E-state index in [1.807, 2.05) is 0 Å². The molecule has 0 spiro atoms. The third-order valence-electron chi connectivity index (χ3n) is 3.89. The maximum atomic E-state index is 11.9. The van der Waals surface area contributed by atoms with E-state index in [4.69, 9.17) is 0 Å². The Bertz CT molecular complexity index is 224. The smallest absolute Gasteiger partial charge is 0.224 e. The van der Waals surface area contributed by atoms with Crippen molar-refractivity contribution in [2.24, 2.45) is 17.8 Å². The molecule has 1 saturated heterocycles. The highest BCUT2D eigenvalue weighted by Crippen LogP contribution is 2.24. The van der Waals surface area contributed by atoms with Crippen LogP contribution in [0.25, 0.3) is 0 Å². The highest BCUT2D eigenvalue weighted by molar-refractivity contribution is 5.79. The molecule has 1 aliphatic heterocycles. The average Bonchev–Trinajstić information content (AvgIpc) is 2.84. The fraction of sp³-hybridized carbons (Fsp3) is 0.917. The van der Waals surface area contributed by atoms with Crippen LogP contribution in [0.2, 0.25) is 0 Å². The summed E-state index contributed by atoms with van der Waals surface area (Å²) in [5, 5.41) is 6.39. The first-order chi connectivity index (χ1) is 7.27. The van der Waals surface area contributed by atoms with Crippen LogP contribution in [-0.4, -0.2) is 25.5 Å². The van der Waals surface area contributed by atoms with Crippen LogP contribution >= 0.6 is 0 Å². The second-order valence-corrected chi connectivity index (χ2v) is 5.14. The lowest BCUT2D eigenvalue weighted by atomic mass is 9.97. The molecule has 1 heterocycles. The van der Waals surface area contributed by atoms with Crippen molar-refractivity contribution in [3.63, 3.8) is 0 Å². The van der Waals surface area contributed by atoms with E-state index in [-0.39, 0.29) is 11.8 Å².